The first-order valence-corrected chi connectivity index (χ1v) is 7.39. The highest BCUT2D eigenvalue weighted by Crippen LogP contribution is 2.12. The molecule has 6 heteroatoms. The summed E-state index contributed by atoms with van der Waals surface area (Å²) in [4.78, 5) is 16.4. The first-order chi connectivity index (χ1) is 10.1. The first kappa shape index (κ1) is 15.5. The number of carbonyl (C=O) groups excluding carboxylic acids is 1. The van der Waals surface area contributed by atoms with Gasteiger partial charge in [0.05, 0.1) is 0 Å². The van der Waals surface area contributed by atoms with E-state index in [1.165, 1.54) is 0 Å². The number of nitrogens with zero attached hydrogens (tertiary/aromatic N) is 3. The maximum Gasteiger partial charge on any atom is 0.251 e. The van der Waals surface area contributed by atoms with Crippen molar-refractivity contribution in [1.82, 2.24) is 20.1 Å². The van der Waals surface area contributed by atoms with Crippen LogP contribution in [-0.4, -0.2) is 27.2 Å². The van der Waals surface area contributed by atoms with E-state index >= 15 is 0 Å². The third-order valence-corrected chi connectivity index (χ3v) is 3.40. The molecule has 0 unspecified atom stereocenters. The average molecular weight is 307 g/mol. The molecule has 0 radical (unpaired) electrons. The molecule has 2 rings (SSSR count). The van der Waals surface area contributed by atoms with Crippen molar-refractivity contribution in [2.24, 2.45) is 7.05 Å². The molecule has 0 aliphatic heterocycles. The molecular formula is C15H19ClN4O. The SMILES string of the molecule is CCCc1cc(C(=O)NCCc2ccnn2C)cc(Cl)n1. The summed E-state index contributed by atoms with van der Waals surface area (Å²) >= 11 is 5.96. The van der Waals surface area contributed by atoms with Gasteiger partial charge in [-0.15, -0.1) is 0 Å². The molecule has 0 spiro atoms. The van der Waals surface area contributed by atoms with Gasteiger partial charge in [0.15, 0.2) is 0 Å². The zero-order chi connectivity index (χ0) is 15.2. The van der Waals surface area contributed by atoms with Crippen LogP contribution in [0.25, 0.3) is 0 Å². The molecule has 0 aromatic carbocycles. The lowest BCUT2D eigenvalue weighted by Crippen LogP contribution is -2.26. The fourth-order valence-corrected chi connectivity index (χ4v) is 2.35. The quantitative estimate of drug-likeness (QED) is 0.834. The van der Waals surface area contributed by atoms with E-state index in [9.17, 15) is 4.79 Å². The van der Waals surface area contributed by atoms with Gasteiger partial charge in [0, 0.05) is 43.2 Å². The van der Waals surface area contributed by atoms with E-state index in [0.717, 1.165) is 30.7 Å². The summed E-state index contributed by atoms with van der Waals surface area (Å²) in [5.41, 5.74) is 2.49. The van der Waals surface area contributed by atoms with Crippen LogP contribution in [0.2, 0.25) is 5.15 Å². The average Bonchev–Trinajstić information content (AvgIpc) is 2.84. The monoisotopic (exact) mass is 306 g/mol. The van der Waals surface area contributed by atoms with Gasteiger partial charge in [-0.05, 0) is 24.6 Å². The number of nitrogens with one attached hydrogen (secondary N) is 1. The van der Waals surface area contributed by atoms with Gasteiger partial charge in [-0.25, -0.2) is 4.98 Å². The highest BCUT2D eigenvalue weighted by atomic mass is 35.5. The van der Waals surface area contributed by atoms with Gasteiger partial charge < -0.3 is 5.32 Å². The van der Waals surface area contributed by atoms with Crippen molar-refractivity contribution in [2.75, 3.05) is 6.54 Å². The van der Waals surface area contributed by atoms with Gasteiger partial charge in [0.25, 0.3) is 5.91 Å². The fraction of sp³-hybridized carbons (Fsp3) is 0.400. The summed E-state index contributed by atoms with van der Waals surface area (Å²) in [5, 5.41) is 7.35. The number of halogens is 1. The van der Waals surface area contributed by atoms with Crippen LogP contribution in [0.4, 0.5) is 0 Å². The molecular weight excluding hydrogens is 288 g/mol. The predicted molar refractivity (Wildman–Crippen MR) is 82.5 cm³/mol. The van der Waals surface area contributed by atoms with E-state index < -0.39 is 0 Å². The molecule has 2 aromatic heterocycles. The molecule has 0 saturated heterocycles. The molecule has 1 amide bonds. The summed E-state index contributed by atoms with van der Waals surface area (Å²) in [7, 11) is 1.89. The second kappa shape index (κ2) is 7.22. The van der Waals surface area contributed by atoms with Crippen molar-refractivity contribution >= 4 is 17.5 Å². The summed E-state index contributed by atoms with van der Waals surface area (Å²) in [6, 6.07) is 5.34. The zero-order valence-electron chi connectivity index (χ0n) is 12.3. The van der Waals surface area contributed by atoms with Crippen LogP contribution in [0.3, 0.4) is 0 Å². The smallest absolute Gasteiger partial charge is 0.251 e. The van der Waals surface area contributed by atoms with Crippen LogP contribution in [-0.2, 0) is 19.9 Å². The van der Waals surface area contributed by atoms with Crippen LogP contribution in [0, 0.1) is 0 Å². The lowest BCUT2D eigenvalue weighted by atomic mass is 10.1. The van der Waals surface area contributed by atoms with Gasteiger partial charge in [0.1, 0.15) is 5.15 Å². The van der Waals surface area contributed by atoms with Crippen molar-refractivity contribution in [2.45, 2.75) is 26.2 Å². The topological polar surface area (TPSA) is 59.8 Å². The number of hydrogen-bond acceptors (Lipinski definition) is 3. The summed E-state index contributed by atoms with van der Waals surface area (Å²) in [6.45, 7) is 2.62. The van der Waals surface area contributed by atoms with Crippen molar-refractivity contribution in [3.8, 4) is 0 Å². The lowest BCUT2D eigenvalue weighted by Gasteiger charge is -2.07. The highest BCUT2D eigenvalue weighted by molar-refractivity contribution is 6.29. The Hall–Kier alpha value is -1.88. The van der Waals surface area contributed by atoms with Crippen LogP contribution in [0.15, 0.2) is 24.4 Å². The zero-order valence-corrected chi connectivity index (χ0v) is 13.0. The Bertz CT molecular complexity index is 624. The van der Waals surface area contributed by atoms with Crippen LogP contribution in [0.5, 0.6) is 0 Å². The molecule has 0 aliphatic rings. The Labute approximate surface area is 129 Å². The van der Waals surface area contributed by atoms with Crippen molar-refractivity contribution in [3.63, 3.8) is 0 Å². The van der Waals surface area contributed by atoms with Crippen molar-refractivity contribution < 1.29 is 4.79 Å². The molecule has 0 aliphatic carbocycles. The van der Waals surface area contributed by atoms with Crippen LogP contribution in [0.1, 0.15) is 35.1 Å². The van der Waals surface area contributed by atoms with Gasteiger partial charge in [-0.2, -0.15) is 5.10 Å². The largest absolute Gasteiger partial charge is 0.352 e. The van der Waals surface area contributed by atoms with E-state index in [-0.39, 0.29) is 5.91 Å². The molecule has 0 fully saturated rings. The minimum Gasteiger partial charge on any atom is -0.352 e. The van der Waals surface area contributed by atoms with Crippen molar-refractivity contribution in [3.05, 3.63) is 46.5 Å². The Morgan fingerprint density at radius 2 is 2.19 bits per heavy atom. The van der Waals surface area contributed by atoms with Crippen LogP contribution < -0.4 is 5.32 Å². The summed E-state index contributed by atoms with van der Waals surface area (Å²) in [6.07, 6.45) is 4.27. The maximum absolute atomic E-state index is 12.1. The second-order valence-electron chi connectivity index (χ2n) is 4.87. The van der Waals surface area contributed by atoms with E-state index in [0.29, 0.717) is 17.3 Å². The lowest BCUT2D eigenvalue weighted by molar-refractivity contribution is 0.0953. The number of carbonyl (C=O) groups is 1. The predicted octanol–water partition coefficient (Wildman–Crippen LogP) is 2.39. The molecule has 112 valence electrons. The summed E-state index contributed by atoms with van der Waals surface area (Å²) in [5.74, 6) is -0.126. The Balaban J connectivity index is 1.95. The van der Waals surface area contributed by atoms with Gasteiger partial charge in [0.2, 0.25) is 0 Å². The molecule has 0 atom stereocenters. The third kappa shape index (κ3) is 4.29. The van der Waals surface area contributed by atoms with Gasteiger partial charge in [-0.1, -0.05) is 24.9 Å². The standard InChI is InChI=1S/C15H19ClN4O/c1-3-4-12-9-11(10-14(16)19-12)15(21)17-7-5-13-6-8-18-20(13)2/h6,8-10H,3-5,7H2,1-2H3,(H,17,21). The normalized spacial score (nSPS) is 10.6. The number of amides is 1. The fourth-order valence-electron chi connectivity index (χ4n) is 2.12. The summed E-state index contributed by atoms with van der Waals surface area (Å²) < 4.78 is 1.80. The number of hydrogen-bond donors (Lipinski definition) is 1. The molecule has 2 heterocycles. The van der Waals surface area contributed by atoms with Crippen molar-refractivity contribution in [1.29, 1.82) is 0 Å². The van der Waals surface area contributed by atoms with E-state index in [1.54, 1.807) is 23.0 Å². The van der Waals surface area contributed by atoms with E-state index in [1.807, 2.05) is 13.1 Å². The molecule has 2 aromatic rings. The molecule has 0 saturated carbocycles. The number of aryl methyl sites for hydroxylation is 2. The highest BCUT2D eigenvalue weighted by Gasteiger charge is 2.09. The van der Waals surface area contributed by atoms with Crippen LogP contribution >= 0.6 is 11.6 Å². The Morgan fingerprint density at radius 1 is 1.38 bits per heavy atom. The number of rotatable bonds is 6. The molecule has 1 N–H and O–H groups in total. The first-order valence-electron chi connectivity index (χ1n) is 7.01. The third-order valence-electron chi connectivity index (χ3n) is 3.20. The van der Waals surface area contributed by atoms with Gasteiger partial charge in [-0.3, -0.25) is 9.48 Å². The second-order valence-corrected chi connectivity index (χ2v) is 5.26. The molecule has 0 bridgehead atoms. The Morgan fingerprint density at radius 3 is 2.86 bits per heavy atom. The minimum atomic E-state index is -0.126. The van der Waals surface area contributed by atoms with E-state index in [2.05, 4.69) is 22.3 Å². The maximum atomic E-state index is 12.1. The Kier molecular flexibility index (Phi) is 5.33. The number of pyridine rings is 1. The van der Waals surface area contributed by atoms with E-state index in [4.69, 9.17) is 11.6 Å². The minimum absolute atomic E-state index is 0.126. The molecule has 21 heavy (non-hydrogen) atoms. The van der Waals surface area contributed by atoms with Gasteiger partial charge >= 0.3 is 0 Å². The molecule has 5 nitrogen and oxygen atoms in total. The number of aromatic nitrogens is 3.